The number of aliphatic hydroxyl groups is 1. The third-order valence-electron chi connectivity index (χ3n) is 1.96. The molecule has 1 N–H and O–H groups in total. The maximum atomic E-state index is 8.87. The molecule has 0 bridgehead atoms. The molecule has 0 saturated carbocycles. The Balaban J connectivity index is 2.22. The van der Waals surface area contributed by atoms with Crippen molar-refractivity contribution in [2.24, 2.45) is 0 Å². The van der Waals surface area contributed by atoms with Crippen LogP contribution in [0.4, 0.5) is 0 Å². The number of aliphatic hydroxyl groups excluding tert-OH is 1. The Kier molecular flexibility index (Phi) is 4.23. The molecule has 2 aromatic rings. The summed E-state index contributed by atoms with van der Waals surface area (Å²) in [6.45, 7) is -0.0666. The first-order valence-electron chi connectivity index (χ1n) is 4.73. The summed E-state index contributed by atoms with van der Waals surface area (Å²) in [5, 5.41) is 10.7. The van der Waals surface area contributed by atoms with Gasteiger partial charge in [0.15, 0.2) is 5.16 Å². The molecule has 0 amide bonds. The minimum atomic E-state index is -0.0666. The van der Waals surface area contributed by atoms with Gasteiger partial charge in [-0.1, -0.05) is 23.2 Å². The largest absolute Gasteiger partial charge is 0.392 e. The summed E-state index contributed by atoms with van der Waals surface area (Å²) in [6, 6.07) is 5.22. The van der Waals surface area contributed by atoms with E-state index in [1.807, 2.05) is 0 Å². The van der Waals surface area contributed by atoms with Gasteiger partial charge in [-0.2, -0.15) is 0 Å². The summed E-state index contributed by atoms with van der Waals surface area (Å²) in [4.78, 5) is 9.01. The first-order valence-corrected chi connectivity index (χ1v) is 6.31. The fourth-order valence-electron chi connectivity index (χ4n) is 1.13. The molecule has 3 nitrogen and oxygen atoms in total. The molecular weight excluding hydrogens is 279 g/mol. The van der Waals surface area contributed by atoms with Gasteiger partial charge in [-0.3, -0.25) is 0 Å². The number of hydrogen-bond acceptors (Lipinski definition) is 4. The molecule has 2 rings (SSSR count). The molecular formula is C11H8Cl2N2OS. The van der Waals surface area contributed by atoms with E-state index in [1.54, 1.807) is 30.6 Å². The Labute approximate surface area is 113 Å². The molecule has 0 radical (unpaired) electrons. The molecule has 0 saturated heterocycles. The summed E-state index contributed by atoms with van der Waals surface area (Å²) in [5.41, 5.74) is 0.673. The van der Waals surface area contributed by atoms with Crippen molar-refractivity contribution in [2.45, 2.75) is 16.7 Å². The standard InChI is InChI=1S/C11H8Cl2N2OS/c12-8-1-2-9(13)10(3-8)17-11-14-4-7(6-16)5-15-11/h1-5,16H,6H2. The number of aromatic nitrogens is 2. The van der Waals surface area contributed by atoms with Crippen molar-refractivity contribution in [1.82, 2.24) is 9.97 Å². The molecule has 0 fully saturated rings. The molecule has 0 aliphatic heterocycles. The van der Waals surface area contributed by atoms with E-state index in [0.717, 1.165) is 4.90 Å². The third kappa shape index (κ3) is 3.33. The predicted molar refractivity (Wildman–Crippen MR) is 68.5 cm³/mol. The molecule has 0 aliphatic rings. The van der Waals surface area contributed by atoms with Gasteiger partial charge in [0.2, 0.25) is 0 Å². The number of nitrogens with zero attached hydrogens (tertiary/aromatic N) is 2. The average molecular weight is 287 g/mol. The second-order valence-electron chi connectivity index (χ2n) is 3.21. The highest BCUT2D eigenvalue weighted by Gasteiger charge is 2.06. The highest BCUT2D eigenvalue weighted by atomic mass is 35.5. The number of hydrogen-bond donors (Lipinski definition) is 1. The van der Waals surface area contributed by atoms with Gasteiger partial charge in [0.05, 0.1) is 11.6 Å². The SMILES string of the molecule is OCc1cnc(Sc2cc(Cl)ccc2Cl)nc1. The Hall–Kier alpha value is -0.810. The predicted octanol–water partition coefficient (Wildman–Crippen LogP) is 3.43. The van der Waals surface area contributed by atoms with Gasteiger partial charge in [0, 0.05) is 27.9 Å². The van der Waals surface area contributed by atoms with Crippen molar-refractivity contribution >= 4 is 35.0 Å². The lowest BCUT2D eigenvalue weighted by molar-refractivity contribution is 0.280. The van der Waals surface area contributed by atoms with Crippen molar-refractivity contribution in [3.8, 4) is 0 Å². The van der Waals surface area contributed by atoms with Crippen molar-refractivity contribution < 1.29 is 5.11 Å². The van der Waals surface area contributed by atoms with Crippen molar-refractivity contribution in [3.05, 3.63) is 46.2 Å². The van der Waals surface area contributed by atoms with Crippen molar-refractivity contribution in [3.63, 3.8) is 0 Å². The van der Waals surface area contributed by atoms with Gasteiger partial charge in [-0.25, -0.2) is 9.97 Å². The lowest BCUT2D eigenvalue weighted by atomic mass is 10.4. The third-order valence-corrected chi connectivity index (χ3v) is 3.59. The molecule has 0 aliphatic carbocycles. The maximum Gasteiger partial charge on any atom is 0.192 e. The van der Waals surface area contributed by atoms with Crippen molar-refractivity contribution in [2.75, 3.05) is 0 Å². The molecule has 0 spiro atoms. The Bertz CT molecular complexity index is 519. The fourth-order valence-corrected chi connectivity index (χ4v) is 2.36. The van der Waals surface area contributed by atoms with Crippen LogP contribution in [0.2, 0.25) is 10.0 Å². The van der Waals surface area contributed by atoms with Crippen LogP contribution in [0.25, 0.3) is 0 Å². The zero-order chi connectivity index (χ0) is 12.3. The average Bonchev–Trinajstić information content (AvgIpc) is 2.35. The Morgan fingerprint density at radius 3 is 2.53 bits per heavy atom. The zero-order valence-corrected chi connectivity index (χ0v) is 10.9. The first kappa shape index (κ1) is 12.6. The van der Waals surface area contributed by atoms with E-state index in [4.69, 9.17) is 28.3 Å². The van der Waals surface area contributed by atoms with Gasteiger partial charge in [-0.05, 0) is 30.0 Å². The van der Waals surface area contributed by atoms with Gasteiger partial charge >= 0.3 is 0 Å². The highest BCUT2D eigenvalue weighted by molar-refractivity contribution is 7.99. The van der Waals surface area contributed by atoms with E-state index in [9.17, 15) is 0 Å². The number of halogens is 2. The summed E-state index contributed by atoms with van der Waals surface area (Å²) in [6.07, 6.45) is 3.15. The lowest BCUT2D eigenvalue weighted by Crippen LogP contribution is -1.90. The normalized spacial score (nSPS) is 10.5. The number of rotatable bonds is 3. The molecule has 17 heavy (non-hydrogen) atoms. The van der Waals surface area contributed by atoms with Crippen LogP contribution in [0.15, 0.2) is 40.6 Å². The van der Waals surface area contributed by atoms with Gasteiger partial charge < -0.3 is 5.11 Å². The van der Waals surface area contributed by atoms with Crippen LogP contribution >= 0.6 is 35.0 Å². The van der Waals surface area contributed by atoms with Crippen LogP contribution in [0, 0.1) is 0 Å². The molecule has 0 atom stereocenters. The molecule has 1 aromatic heterocycles. The summed E-state index contributed by atoms with van der Waals surface area (Å²) in [5.74, 6) is 0. The molecule has 88 valence electrons. The van der Waals surface area contributed by atoms with E-state index in [-0.39, 0.29) is 6.61 Å². The zero-order valence-electron chi connectivity index (χ0n) is 8.60. The summed E-state index contributed by atoms with van der Waals surface area (Å²) in [7, 11) is 0. The monoisotopic (exact) mass is 286 g/mol. The maximum absolute atomic E-state index is 8.87. The van der Waals surface area contributed by atoms with Gasteiger partial charge in [0.1, 0.15) is 0 Å². The summed E-state index contributed by atoms with van der Waals surface area (Å²) >= 11 is 13.2. The Morgan fingerprint density at radius 1 is 1.18 bits per heavy atom. The topological polar surface area (TPSA) is 46.0 Å². The smallest absolute Gasteiger partial charge is 0.192 e. The van der Waals surface area contributed by atoms with E-state index in [2.05, 4.69) is 9.97 Å². The molecule has 6 heteroatoms. The highest BCUT2D eigenvalue weighted by Crippen LogP contribution is 2.33. The second-order valence-corrected chi connectivity index (χ2v) is 5.06. The molecule has 1 heterocycles. The summed E-state index contributed by atoms with van der Waals surface area (Å²) < 4.78 is 0. The number of benzene rings is 1. The van der Waals surface area contributed by atoms with Crippen LogP contribution < -0.4 is 0 Å². The first-order chi connectivity index (χ1) is 8.19. The fraction of sp³-hybridized carbons (Fsp3) is 0.0909. The molecule has 0 unspecified atom stereocenters. The van der Waals surface area contributed by atoms with E-state index in [1.165, 1.54) is 11.8 Å². The van der Waals surface area contributed by atoms with E-state index >= 15 is 0 Å². The van der Waals surface area contributed by atoms with Crippen molar-refractivity contribution in [1.29, 1.82) is 0 Å². The quantitative estimate of drug-likeness (QED) is 0.878. The van der Waals surface area contributed by atoms with Crippen LogP contribution in [-0.2, 0) is 6.61 Å². The van der Waals surface area contributed by atoms with Crippen LogP contribution in [0.1, 0.15) is 5.56 Å². The van der Waals surface area contributed by atoms with Crippen LogP contribution in [-0.4, -0.2) is 15.1 Å². The minimum absolute atomic E-state index is 0.0666. The minimum Gasteiger partial charge on any atom is -0.392 e. The Morgan fingerprint density at radius 2 is 1.88 bits per heavy atom. The lowest BCUT2D eigenvalue weighted by Gasteiger charge is -2.03. The second kappa shape index (κ2) is 5.69. The van der Waals surface area contributed by atoms with Crippen LogP contribution in [0.3, 0.4) is 0 Å². The molecule has 1 aromatic carbocycles. The van der Waals surface area contributed by atoms with E-state index in [0.29, 0.717) is 20.8 Å². The van der Waals surface area contributed by atoms with Crippen LogP contribution in [0.5, 0.6) is 0 Å². The van der Waals surface area contributed by atoms with Gasteiger partial charge in [-0.15, -0.1) is 0 Å². The van der Waals surface area contributed by atoms with E-state index < -0.39 is 0 Å². The van der Waals surface area contributed by atoms with Gasteiger partial charge in [0.25, 0.3) is 0 Å².